The predicted octanol–water partition coefficient (Wildman–Crippen LogP) is 4.01. The Morgan fingerprint density at radius 1 is 0.893 bits per heavy atom. The Morgan fingerprint density at radius 3 is 2.25 bits per heavy atom. The fraction of sp³-hybridized carbons (Fsp3) is 0.190. The highest BCUT2D eigenvalue weighted by Gasteiger charge is 2.24. The van der Waals surface area contributed by atoms with E-state index >= 15 is 0 Å². The summed E-state index contributed by atoms with van der Waals surface area (Å²) < 4.78 is 13.9. The minimum Gasteiger partial charge on any atom is -0.352 e. The van der Waals surface area contributed by atoms with E-state index in [0.29, 0.717) is 37.4 Å². The average Bonchev–Trinajstić information content (AvgIpc) is 2.74. The van der Waals surface area contributed by atoms with Gasteiger partial charge in [0, 0.05) is 36.2 Å². The third kappa shape index (κ3) is 3.89. The topological polar surface area (TPSA) is 49.3 Å². The van der Waals surface area contributed by atoms with Crippen molar-refractivity contribution < 1.29 is 9.18 Å². The molecule has 2 heterocycles. The Morgan fingerprint density at radius 2 is 1.61 bits per heavy atom. The first kappa shape index (κ1) is 18.6. The van der Waals surface area contributed by atoms with Gasteiger partial charge in [-0.25, -0.2) is 4.39 Å². The normalized spacial score (nSPS) is 14.2. The van der Waals surface area contributed by atoms with Crippen LogP contribution in [-0.2, 0) is 0 Å². The standard InChI is InChI=1S/C21H18BrFN4O/c22-18-4-2-1-3-17(18)21(28)27-13-11-26(12-14-27)20-10-9-19(24-25-20)15-5-7-16(23)8-6-15/h1-10H,11-14H2. The van der Waals surface area contributed by atoms with Crippen LogP contribution in [0.25, 0.3) is 11.3 Å². The predicted molar refractivity (Wildman–Crippen MR) is 110 cm³/mol. The number of amides is 1. The van der Waals surface area contributed by atoms with Crippen molar-refractivity contribution in [3.63, 3.8) is 0 Å². The van der Waals surface area contributed by atoms with Crippen molar-refractivity contribution >= 4 is 27.7 Å². The molecule has 142 valence electrons. The van der Waals surface area contributed by atoms with Gasteiger partial charge in [0.05, 0.1) is 11.3 Å². The van der Waals surface area contributed by atoms with E-state index in [2.05, 4.69) is 31.0 Å². The number of nitrogens with zero attached hydrogens (tertiary/aromatic N) is 4. The molecule has 0 N–H and O–H groups in total. The molecular weight excluding hydrogens is 423 g/mol. The molecule has 0 atom stereocenters. The van der Waals surface area contributed by atoms with Crippen molar-refractivity contribution in [1.29, 1.82) is 0 Å². The largest absolute Gasteiger partial charge is 0.352 e. The molecule has 1 aliphatic heterocycles. The number of carbonyl (C=O) groups excluding carboxylic acids is 1. The van der Waals surface area contributed by atoms with Crippen LogP contribution in [0.15, 0.2) is 65.1 Å². The molecule has 0 spiro atoms. The quantitative estimate of drug-likeness (QED) is 0.617. The molecule has 4 rings (SSSR count). The zero-order valence-electron chi connectivity index (χ0n) is 15.1. The van der Waals surface area contributed by atoms with E-state index in [1.165, 1.54) is 12.1 Å². The number of piperazine rings is 1. The molecule has 1 aliphatic rings. The Hall–Kier alpha value is -2.80. The van der Waals surface area contributed by atoms with Gasteiger partial charge in [-0.2, -0.15) is 0 Å². The Kier molecular flexibility index (Phi) is 5.34. The van der Waals surface area contributed by atoms with E-state index in [-0.39, 0.29) is 11.7 Å². The number of carbonyl (C=O) groups is 1. The third-order valence-corrected chi connectivity index (χ3v) is 5.48. The minimum absolute atomic E-state index is 0.0323. The lowest BCUT2D eigenvalue weighted by Crippen LogP contribution is -2.49. The maximum atomic E-state index is 13.1. The summed E-state index contributed by atoms with van der Waals surface area (Å²) in [7, 11) is 0. The lowest BCUT2D eigenvalue weighted by molar-refractivity contribution is 0.0745. The van der Waals surface area contributed by atoms with Crippen molar-refractivity contribution in [3.05, 3.63) is 76.5 Å². The summed E-state index contributed by atoms with van der Waals surface area (Å²) in [5.74, 6) is 0.534. The number of halogens is 2. The second-order valence-corrected chi connectivity index (χ2v) is 7.40. The van der Waals surface area contributed by atoms with Crippen LogP contribution in [0.5, 0.6) is 0 Å². The van der Waals surface area contributed by atoms with Crippen molar-refractivity contribution in [2.75, 3.05) is 31.1 Å². The molecule has 0 aliphatic carbocycles. The van der Waals surface area contributed by atoms with Crippen LogP contribution >= 0.6 is 15.9 Å². The molecule has 1 saturated heterocycles. The highest BCUT2D eigenvalue weighted by Crippen LogP contribution is 2.22. The highest BCUT2D eigenvalue weighted by molar-refractivity contribution is 9.10. The Balaban J connectivity index is 1.40. The zero-order valence-corrected chi connectivity index (χ0v) is 16.6. The summed E-state index contributed by atoms with van der Waals surface area (Å²) in [5, 5.41) is 8.58. The molecular formula is C21H18BrFN4O. The van der Waals surface area contributed by atoms with Crippen LogP contribution in [0.2, 0.25) is 0 Å². The van der Waals surface area contributed by atoms with Crippen LogP contribution in [-0.4, -0.2) is 47.2 Å². The Labute approximate surface area is 170 Å². The van der Waals surface area contributed by atoms with Gasteiger partial charge in [-0.05, 0) is 64.5 Å². The van der Waals surface area contributed by atoms with Gasteiger partial charge >= 0.3 is 0 Å². The first-order valence-corrected chi connectivity index (χ1v) is 9.79. The minimum atomic E-state index is -0.275. The van der Waals surface area contributed by atoms with Crippen LogP contribution in [0, 0.1) is 5.82 Å². The van der Waals surface area contributed by atoms with E-state index in [1.54, 1.807) is 12.1 Å². The third-order valence-electron chi connectivity index (χ3n) is 4.79. The summed E-state index contributed by atoms with van der Waals surface area (Å²) in [6, 6.07) is 17.5. The summed E-state index contributed by atoms with van der Waals surface area (Å²) in [6.45, 7) is 2.64. The van der Waals surface area contributed by atoms with Gasteiger partial charge in [-0.15, -0.1) is 10.2 Å². The lowest BCUT2D eigenvalue weighted by atomic mass is 10.1. The van der Waals surface area contributed by atoms with E-state index < -0.39 is 0 Å². The monoisotopic (exact) mass is 440 g/mol. The number of rotatable bonds is 3. The molecule has 1 aromatic heterocycles. The smallest absolute Gasteiger partial charge is 0.255 e. The van der Waals surface area contributed by atoms with E-state index in [4.69, 9.17) is 0 Å². The molecule has 5 nitrogen and oxygen atoms in total. The van der Waals surface area contributed by atoms with Gasteiger partial charge in [-0.3, -0.25) is 4.79 Å². The maximum Gasteiger partial charge on any atom is 0.255 e. The maximum absolute atomic E-state index is 13.1. The molecule has 1 amide bonds. The first-order valence-electron chi connectivity index (χ1n) is 9.00. The molecule has 28 heavy (non-hydrogen) atoms. The molecule has 7 heteroatoms. The SMILES string of the molecule is O=C(c1ccccc1Br)N1CCN(c2ccc(-c3ccc(F)cc3)nn2)CC1. The van der Waals surface area contributed by atoms with E-state index in [1.807, 2.05) is 41.3 Å². The highest BCUT2D eigenvalue weighted by atomic mass is 79.9. The second-order valence-electron chi connectivity index (χ2n) is 6.54. The molecule has 0 radical (unpaired) electrons. The van der Waals surface area contributed by atoms with Gasteiger partial charge < -0.3 is 9.80 Å². The van der Waals surface area contributed by atoms with Crippen LogP contribution in [0.3, 0.4) is 0 Å². The van der Waals surface area contributed by atoms with E-state index in [0.717, 1.165) is 15.9 Å². The number of aromatic nitrogens is 2. The molecule has 3 aromatic rings. The summed E-state index contributed by atoms with van der Waals surface area (Å²) in [4.78, 5) is 16.7. The number of benzene rings is 2. The summed E-state index contributed by atoms with van der Waals surface area (Å²) >= 11 is 3.45. The van der Waals surface area contributed by atoms with Crippen molar-refractivity contribution in [2.24, 2.45) is 0 Å². The summed E-state index contributed by atoms with van der Waals surface area (Å²) in [6.07, 6.45) is 0. The van der Waals surface area contributed by atoms with Crippen molar-refractivity contribution in [1.82, 2.24) is 15.1 Å². The lowest BCUT2D eigenvalue weighted by Gasteiger charge is -2.35. The van der Waals surface area contributed by atoms with E-state index in [9.17, 15) is 9.18 Å². The fourth-order valence-electron chi connectivity index (χ4n) is 3.21. The molecule has 1 fully saturated rings. The van der Waals surface area contributed by atoms with Crippen LogP contribution in [0.4, 0.5) is 10.2 Å². The zero-order chi connectivity index (χ0) is 19.5. The summed E-state index contributed by atoms with van der Waals surface area (Å²) in [5.41, 5.74) is 2.20. The van der Waals surface area contributed by atoms with Crippen molar-refractivity contribution in [2.45, 2.75) is 0 Å². The molecule has 2 aromatic carbocycles. The first-order chi connectivity index (χ1) is 13.6. The van der Waals surface area contributed by atoms with Gasteiger partial charge in [0.25, 0.3) is 5.91 Å². The van der Waals surface area contributed by atoms with Gasteiger partial charge in [-0.1, -0.05) is 12.1 Å². The van der Waals surface area contributed by atoms with Crippen molar-refractivity contribution in [3.8, 4) is 11.3 Å². The number of hydrogen-bond donors (Lipinski definition) is 0. The molecule has 0 saturated carbocycles. The molecule has 0 unspecified atom stereocenters. The number of anilines is 1. The van der Waals surface area contributed by atoms with Crippen LogP contribution in [0.1, 0.15) is 10.4 Å². The van der Waals surface area contributed by atoms with Gasteiger partial charge in [0.2, 0.25) is 0 Å². The Bertz CT molecular complexity index is 970. The average molecular weight is 441 g/mol. The second kappa shape index (κ2) is 8.06. The van der Waals surface area contributed by atoms with Crippen LogP contribution < -0.4 is 4.90 Å². The van der Waals surface area contributed by atoms with Gasteiger partial charge in [0.15, 0.2) is 5.82 Å². The number of hydrogen-bond acceptors (Lipinski definition) is 4. The van der Waals surface area contributed by atoms with Gasteiger partial charge in [0.1, 0.15) is 5.82 Å². The fourth-order valence-corrected chi connectivity index (χ4v) is 3.67. The molecule has 0 bridgehead atoms.